The molecule has 0 unspecified atom stereocenters. The van der Waals surface area contributed by atoms with Gasteiger partial charge in [0.05, 0.1) is 11.3 Å². The maximum atomic E-state index is 13.5. The topological polar surface area (TPSA) is 45.7 Å². The van der Waals surface area contributed by atoms with Crippen LogP contribution in [0.2, 0.25) is 0 Å². The van der Waals surface area contributed by atoms with Crippen molar-refractivity contribution in [3.63, 3.8) is 0 Å². The number of hydrogen-bond acceptors (Lipinski definition) is 1. The fraction of sp³-hybridized carbons (Fsp3) is 0.235. The molecule has 3 N–H and O–H groups in total. The van der Waals surface area contributed by atoms with E-state index in [1.54, 1.807) is 24.4 Å². The molecule has 0 fully saturated rings. The predicted molar refractivity (Wildman–Crippen MR) is 81.6 cm³/mol. The molecule has 0 aromatic heterocycles. The molecule has 128 valence electrons. The van der Waals surface area contributed by atoms with Crippen LogP contribution in [0.5, 0.6) is 0 Å². The van der Waals surface area contributed by atoms with Gasteiger partial charge in [0.15, 0.2) is 6.04 Å². The van der Waals surface area contributed by atoms with Crippen LogP contribution in [0.15, 0.2) is 48.5 Å². The molecule has 0 heterocycles. The third-order valence-electron chi connectivity index (χ3n) is 3.51. The minimum Gasteiger partial charge on any atom is -0.333 e. The van der Waals surface area contributed by atoms with Crippen molar-refractivity contribution >= 4 is 11.6 Å². The Morgan fingerprint density at radius 2 is 1.88 bits per heavy atom. The fourth-order valence-electron chi connectivity index (χ4n) is 2.10. The van der Waals surface area contributed by atoms with Gasteiger partial charge in [-0.2, -0.15) is 13.2 Å². The minimum absolute atomic E-state index is 0.0711. The van der Waals surface area contributed by atoms with E-state index in [-0.39, 0.29) is 12.2 Å². The highest BCUT2D eigenvalue weighted by Crippen LogP contribution is 2.29. The smallest absolute Gasteiger partial charge is 0.333 e. The zero-order valence-corrected chi connectivity index (χ0v) is 12.9. The molecule has 0 radical (unpaired) electrons. The Kier molecular flexibility index (Phi) is 5.56. The van der Waals surface area contributed by atoms with Gasteiger partial charge < -0.3 is 10.6 Å². The van der Waals surface area contributed by atoms with Gasteiger partial charge in [0.1, 0.15) is 12.4 Å². The average molecular weight is 341 g/mol. The number of alkyl halides is 3. The highest BCUT2D eigenvalue weighted by atomic mass is 19.4. The van der Waals surface area contributed by atoms with Gasteiger partial charge in [-0.15, -0.1) is 0 Å². The molecule has 2 aromatic carbocycles. The molecule has 0 bridgehead atoms. The van der Waals surface area contributed by atoms with Crippen molar-refractivity contribution in [2.45, 2.75) is 25.7 Å². The summed E-state index contributed by atoms with van der Waals surface area (Å²) in [4.78, 5) is 12.0. The number of benzene rings is 2. The fourth-order valence-corrected chi connectivity index (χ4v) is 2.10. The lowest BCUT2D eigenvalue weighted by atomic mass is 10.1. The molecule has 2 aromatic rings. The molecule has 24 heavy (non-hydrogen) atoms. The summed E-state index contributed by atoms with van der Waals surface area (Å²) in [6.07, 6.45) is -4.40. The van der Waals surface area contributed by atoms with Gasteiger partial charge >= 0.3 is 6.18 Å². The molecule has 2 rings (SSSR count). The Hall–Kier alpha value is -2.41. The Labute approximate surface area is 136 Å². The second kappa shape index (κ2) is 7.44. The number of anilines is 1. The summed E-state index contributed by atoms with van der Waals surface area (Å²) >= 11 is 0. The van der Waals surface area contributed by atoms with E-state index in [1.807, 2.05) is 0 Å². The van der Waals surface area contributed by atoms with Crippen molar-refractivity contribution in [3.05, 3.63) is 65.5 Å². The minimum atomic E-state index is -4.40. The Balaban J connectivity index is 1.94. The largest absolute Gasteiger partial charge is 0.416 e. The lowest BCUT2D eigenvalue weighted by molar-refractivity contribution is -0.688. The van der Waals surface area contributed by atoms with E-state index in [2.05, 4.69) is 5.32 Å². The molecular weight excluding hydrogens is 324 g/mol. The van der Waals surface area contributed by atoms with Gasteiger partial charge in [0, 0.05) is 5.56 Å². The van der Waals surface area contributed by atoms with Gasteiger partial charge in [-0.3, -0.25) is 4.79 Å². The molecule has 0 saturated carbocycles. The second-order valence-electron chi connectivity index (χ2n) is 5.40. The zero-order chi connectivity index (χ0) is 17.7. The maximum Gasteiger partial charge on any atom is 0.416 e. The monoisotopic (exact) mass is 341 g/mol. The molecule has 7 heteroatoms. The van der Waals surface area contributed by atoms with E-state index in [4.69, 9.17) is 0 Å². The quantitative estimate of drug-likeness (QED) is 0.807. The number of para-hydroxylation sites is 1. The number of amides is 1. The van der Waals surface area contributed by atoms with Gasteiger partial charge in [-0.25, -0.2) is 4.39 Å². The van der Waals surface area contributed by atoms with Crippen molar-refractivity contribution in [2.75, 3.05) is 5.32 Å². The van der Waals surface area contributed by atoms with E-state index in [1.165, 1.54) is 24.3 Å². The molecule has 1 atom stereocenters. The van der Waals surface area contributed by atoms with E-state index >= 15 is 0 Å². The second-order valence-corrected chi connectivity index (χ2v) is 5.40. The Bertz CT molecular complexity index is 716. The van der Waals surface area contributed by atoms with Crippen LogP contribution in [0.1, 0.15) is 18.1 Å². The highest BCUT2D eigenvalue weighted by Gasteiger charge is 2.30. The number of hydrogen-bond donors (Lipinski definition) is 2. The lowest BCUT2D eigenvalue weighted by Gasteiger charge is -2.13. The Morgan fingerprint density at radius 1 is 1.17 bits per heavy atom. The number of quaternary nitrogens is 1. The highest BCUT2D eigenvalue weighted by molar-refractivity contribution is 5.93. The first-order chi connectivity index (χ1) is 11.3. The molecule has 0 saturated heterocycles. The summed E-state index contributed by atoms with van der Waals surface area (Å²) in [7, 11) is 0. The first-order valence-electron chi connectivity index (χ1n) is 7.32. The molecule has 0 aliphatic carbocycles. The van der Waals surface area contributed by atoms with Crippen LogP contribution in [0.25, 0.3) is 0 Å². The van der Waals surface area contributed by atoms with Crippen molar-refractivity contribution in [2.24, 2.45) is 0 Å². The number of nitrogens with two attached hydrogens (primary N) is 1. The van der Waals surface area contributed by atoms with E-state index in [9.17, 15) is 22.4 Å². The Morgan fingerprint density at radius 3 is 2.54 bits per heavy atom. The van der Waals surface area contributed by atoms with Crippen LogP contribution in [0.4, 0.5) is 23.2 Å². The first kappa shape index (κ1) is 17.9. The van der Waals surface area contributed by atoms with Gasteiger partial charge in [0.25, 0.3) is 5.91 Å². The number of rotatable bonds is 5. The molecule has 0 aliphatic rings. The van der Waals surface area contributed by atoms with Crippen molar-refractivity contribution in [1.82, 2.24) is 0 Å². The van der Waals surface area contributed by atoms with Crippen LogP contribution in [0, 0.1) is 5.82 Å². The predicted octanol–water partition coefficient (Wildman–Crippen LogP) is 2.94. The van der Waals surface area contributed by atoms with Crippen LogP contribution >= 0.6 is 0 Å². The molecule has 1 amide bonds. The van der Waals surface area contributed by atoms with Crippen molar-refractivity contribution < 1.29 is 27.7 Å². The van der Waals surface area contributed by atoms with Crippen LogP contribution < -0.4 is 10.6 Å². The third kappa shape index (κ3) is 4.79. The van der Waals surface area contributed by atoms with Crippen LogP contribution in [0.3, 0.4) is 0 Å². The normalized spacial score (nSPS) is 12.7. The summed E-state index contributed by atoms with van der Waals surface area (Å²) in [5.74, 6) is -0.969. The SMILES string of the molecule is C[C@@H]([NH2+]Cc1cccc(C(F)(F)F)c1)C(=O)Nc1ccccc1F. The summed E-state index contributed by atoms with van der Waals surface area (Å²) in [6, 6.07) is 10.1. The van der Waals surface area contributed by atoms with Gasteiger partial charge in [-0.1, -0.05) is 24.3 Å². The summed E-state index contributed by atoms with van der Waals surface area (Å²) in [6.45, 7) is 1.81. The zero-order valence-electron chi connectivity index (χ0n) is 12.9. The molecular formula is C17H17F4N2O+. The van der Waals surface area contributed by atoms with Crippen molar-refractivity contribution in [1.29, 1.82) is 0 Å². The molecule has 3 nitrogen and oxygen atoms in total. The number of nitrogens with one attached hydrogen (secondary N) is 1. The standard InChI is InChI=1S/C17H16F4N2O/c1-11(16(24)23-15-8-3-2-7-14(15)18)22-10-12-5-4-6-13(9-12)17(19,20)21/h2-9,11,22H,10H2,1H3,(H,23,24)/p+1/t11-/m1/s1. The number of halogens is 4. The lowest BCUT2D eigenvalue weighted by Crippen LogP contribution is -2.90. The van der Waals surface area contributed by atoms with Crippen LogP contribution in [-0.4, -0.2) is 11.9 Å². The summed E-state index contributed by atoms with van der Waals surface area (Å²) in [5, 5.41) is 4.05. The van der Waals surface area contributed by atoms with Gasteiger partial charge in [-0.05, 0) is 31.2 Å². The average Bonchev–Trinajstić information content (AvgIpc) is 2.54. The van der Waals surface area contributed by atoms with Crippen molar-refractivity contribution in [3.8, 4) is 0 Å². The molecule has 0 aliphatic heterocycles. The van der Waals surface area contributed by atoms with E-state index in [0.717, 1.165) is 12.1 Å². The summed E-state index contributed by atoms with van der Waals surface area (Å²) in [5.41, 5.74) is -0.200. The number of carbonyl (C=O) groups is 1. The van der Waals surface area contributed by atoms with E-state index in [0.29, 0.717) is 5.56 Å². The van der Waals surface area contributed by atoms with Crippen LogP contribution in [-0.2, 0) is 17.5 Å². The number of carbonyl (C=O) groups excluding carboxylic acids is 1. The van der Waals surface area contributed by atoms with Gasteiger partial charge in [0.2, 0.25) is 0 Å². The first-order valence-corrected chi connectivity index (χ1v) is 7.32. The maximum absolute atomic E-state index is 13.5. The third-order valence-corrected chi connectivity index (χ3v) is 3.51. The van der Waals surface area contributed by atoms with E-state index < -0.39 is 29.5 Å². The summed E-state index contributed by atoms with van der Waals surface area (Å²) < 4.78 is 51.5. The molecule has 0 spiro atoms.